The lowest BCUT2D eigenvalue weighted by molar-refractivity contribution is -0.110. The second-order valence-electron chi connectivity index (χ2n) is 6.49. The number of ether oxygens (including phenoxy) is 6. The Morgan fingerprint density at radius 1 is 0.636 bits per heavy atom. The van der Waals surface area contributed by atoms with E-state index in [4.69, 9.17) is 28.4 Å². The highest BCUT2D eigenvalue weighted by Crippen LogP contribution is 2.41. The molecular formula is C25H28O8. The molecule has 0 fully saturated rings. The Kier molecular flexibility index (Phi) is 9.23. The summed E-state index contributed by atoms with van der Waals surface area (Å²) >= 11 is 0. The van der Waals surface area contributed by atoms with Gasteiger partial charge in [-0.25, -0.2) is 0 Å². The molecule has 2 rings (SSSR count). The van der Waals surface area contributed by atoms with Crippen molar-refractivity contribution in [3.05, 3.63) is 59.4 Å². The van der Waals surface area contributed by atoms with Crippen LogP contribution in [0.25, 0.3) is 12.2 Å². The van der Waals surface area contributed by atoms with Gasteiger partial charge in [0.05, 0.1) is 42.7 Å². The first-order valence-electron chi connectivity index (χ1n) is 9.82. The smallest absolute Gasteiger partial charge is 0.203 e. The second kappa shape index (κ2) is 12.1. The molecule has 8 nitrogen and oxygen atoms in total. The fraction of sp³-hybridized carbons (Fsp3) is 0.240. The van der Waals surface area contributed by atoms with E-state index in [0.717, 1.165) is 6.08 Å². The summed E-state index contributed by atoms with van der Waals surface area (Å²) in [7, 11) is 9.05. The number of aliphatic hydroxyl groups is 1. The molecule has 2 aromatic carbocycles. The summed E-state index contributed by atoms with van der Waals surface area (Å²) in [5.41, 5.74) is 1.25. The van der Waals surface area contributed by atoms with Gasteiger partial charge in [0.1, 0.15) is 5.76 Å². The van der Waals surface area contributed by atoms with Crippen LogP contribution < -0.4 is 28.4 Å². The van der Waals surface area contributed by atoms with Gasteiger partial charge in [-0.2, -0.15) is 0 Å². The molecule has 0 saturated carbocycles. The van der Waals surface area contributed by atoms with Crippen LogP contribution in [0.5, 0.6) is 34.5 Å². The molecule has 1 N–H and O–H groups in total. The SMILES string of the molecule is COc1ccc(/C=C/C(=O)/C=C(O)/C=C/c2ccc(OC)c(OC)c2OC)c(OC)c1OC. The molecule has 2 aromatic rings. The number of hydrogen-bond donors (Lipinski definition) is 1. The number of ketones is 1. The van der Waals surface area contributed by atoms with Crippen molar-refractivity contribution in [3.8, 4) is 34.5 Å². The summed E-state index contributed by atoms with van der Waals surface area (Å²) in [6.45, 7) is 0. The monoisotopic (exact) mass is 456 g/mol. The van der Waals surface area contributed by atoms with Gasteiger partial charge in [-0.3, -0.25) is 4.79 Å². The summed E-state index contributed by atoms with van der Waals surface area (Å²) < 4.78 is 32.0. The number of aliphatic hydroxyl groups excluding tert-OH is 1. The van der Waals surface area contributed by atoms with E-state index in [-0.39, 0.29) is 5.76 Å². The Labute approximate surface area is 193 Å². The highest BCUT2D eigenvalue weighted by molar-refractivity contribution is 6.02. The first-order chi connectivity index (χ1) is 15.9. The van der Waals surface area contributed by atoms with Crippen LogP contribution in [0.4, 0.5) is 0 Å². The largest absolute Gasteiger partial charge is 0.508 e. The van der Waals surface area contributed by atoms with Crippen molar-refractivity contribution in [1.29, 1.82) is 0 Å². The number of rotatable bonds is 11. The average Bonchev–Trinajstić information content (AvgIpc) is 2.84. The number of hydrogen-bond acceptors (Lipinski definition) is 8. The Balaban J connectivity index is 2.24. The van der Waals surface area contributed by atoms with E-state index in [1.807, 2.05) is 0 Å². The van der Waals surface area contributed by atoms with Gasteiger partial charge in [-0.15, -0.1) is 0 Å². The van der Waals surface area contributed by atoms with Crippen molar-refractivity contribution in [3.63, 3.8) is 0 Å². The van der Waals surface area contributed by atoms with Gasteiger partial charge in [0.15, 0.2) is 28.8 Å². The topological polar surface area (TPSA) is 92.7 Å². The van der Waals surface area contributed by atoms with Crippen LogP contribution in [0.15, 0.2) is 48.3 Å². The summed E-state index contributed by atoms with van der Waals surface area (Å²) in [5.74, 6) is 2.06. The van der Waals surface area contributed by atoms with Gasteiger partial charge in [-0.05, 0) is 48.6 Å². The fourth-order valence-corrected chi connectivity index (χ4v) is 3.10. The van der Waals surface area contributed by atoms with Gasteiger partial charge >= 0.3 is 0 Å². The van der Waals surface area contributed by atoms with Crippen LogP contribution in [-0.2, 0) is 4.79 Å². The van der Waals surface area contributed by atoms with Crippen molar-refractivity contribution < 1.29 is 38.3 Å². The summed E-state index contributed by atoms with van der Waals surface area (Å²) in [6.07, 6.45) is 6.94. The van der Waals surface area contributed by atoms with Crippen LogP contribution in [0.3, 0.4) is 0 Å². The molecule has 0 atom stereocenters. The Hall–Kier alpha value is -4.07. The van der Waals surface area contributed by atoms with Crippen LogP contribution in [0.2, 0.25) is 0 Å². The molecule has 0 saturated heterocycles. The zero-order valence-corrected chi connectivity index (χ0v) is 19.5. The predicted octanol–water partition coefficient (Wildman–Crippen LogP) is 4.48. The maximum atomic E-state index is 12.3. The van der Waals surface area contributed by atoms with E-state index in [1.165, 1.54) is 54.8 Å². The molecule has 33 heavy (non-hydrogen) atoms. The third-order valence-corrected chi connectivity index (χ3v) is 4.62. The third kappa shape index (κ3) is 6.00. The zero-order chi connectivity index (χ0) is 24.4. The summed E-state index contributed by atoms with van der Waals surface area (Å²) in [5, 5.41) is 10.2. The van der Waals surface area contributed by atoms with Crippen molar-refractivity contribution in [2.24, 2.45) is 0 Å². The standard InChI is InChI=1S/C25H28O8/c1-28-20-13-9-16(22(30-3)24(20)32-5)7-11-18(26)15-19(27)12-8-17-10-14-21(29-2)25(33-6)23(17)31-4/h7-15,26H,1-6H3/b11-7+,12-8+,18-15-. The van der Waals surface area contributed by atoms with E-state index in [0.29, 0.717) is 45.6 Å². The van der Waals surface area contributed by atoms with E-state index < -0.39 is 5.78 Å². The zero-order valence-electron chi connectivity index (χ0n) is 19.5. The van der Waals surface area contributed by atoms with E-state index in [2.05, 4.69) is 0 Å². The highest BCUT2D eigenvalue weighted by atomic mass is 16.5. The lowest BCUT2D eigenvalue weighted by Gasteiger charge is -2.14. The summed E-state index contributed by atoms with van der Waals surface area (Å²) in [6, 6.07) is 6.90. The Morgan fingerprint density at radius 2 is 1.06 bits per heavy atom. The fourth-order valence-electron chi connectivity index (χ4n) is 3.10. The third-order valence-electron chi connectivity index (χ3n) is 4.62. The van der Waals surface area contributed by atoms with Crippen molar-refractivity contribution >= 4 is 17.9 Å². The molecule has 0 heterocycles. The number of carbonyl (C=O) groups excluding carboxylic acids is 1. The number of allylic oxidation sites excluding steroid dienone is 3. The molecule has 0 bridgehead atoms. The van der Waals surface area contributed by atoms with Gasteiger partial charge in [0.2, 0.25) is 11.5 Å². The second-order valence-corrected chi connectivity index (χ2v) is 6.49. The molecule has 0 amide bonds. The highest BCUT2D eigenvalue weighted by Gasteiger charge is 2.15. The molecule has 8 heteroatoms. The molecule has 0 spiro atoms. The van der Waals surface area contributed by atoms with E-state index in [9.17, 15) is 9.90 Å². The summed E-state index contributed by atoms with van der Waals surface area (Å²) in [4.78, 5) is 12.3. The minimum atomic E-state index is -0.423. The van der Waals surface area contributed by atoms with Crippen molar-refractivity contribution in [1.82, 2.24) is 0 Å². The maximum absolute atomic E-state index is 12.3. The first-order valence-corrected chi connectivity index (χ1v) is 9.82. The minimum Gasteiger partial charge on any atom is -0.508 e. The van der Waals surface area contributed by atoms with Crippen molar-refractivity contribution in [2.75, 3.05) is 42.7 Å². The first kappa shape index (κ1) is 25.2. The van der Waals surface area contributed by atoms with Gasteiger partial charge in [0.25, 0.3) is 0 Å². The quantitative estimate of drug-likeness (QED) is 0.301. The molecule has 0 aliphatic heterocycles. The molecule has 0 aliphatic rings. The van der Waals surface area contributed by atoms with Crippen LogP contribution in [-0.4, -0.2) is 53.5 Å². The van der Waals surface area contributed by atoms with Crippen LogP contribution in [0, 0.1) is 0 Å². The van der Waals surface area contributed by atoms with Gasteiger partial charge < -0.3 is 33.5 Å². The molecule has 176 valence electrons. The lowest BCUT2D eigenvalue weighted by atomic mass is 10.1. The lowest BCUT2D eigenvalue weighted by Crippen LogP contribution is -1.97. The molecular weight excluding hydrogens is 428 g/mol. The van der Waals surface area contributed by atoms with Crippen LogP contribution in [0.1, 0.15) is 11.1 Å². The Bertz CT molecular complexity index is 1070. The minimum absolute atomic E-state index is 0.235. The van der Waals surface area contributed by atoms with Crippen molar-refractivity contribution in [2.45, 2.75) is 0 Å². The average molecular weight is 456 g/mol. The van der Waals surface area contributed by atoms with E-state index in [1.54, 1.807) is 36.4 Å². The number of methoxy groups -OCH3 is 6. The number of carbonyl (C=O) groups is 1. The van der Waals surface area contributed by atoms with Gasteiger partial charge in [-0.1, -0.05) is 0 Å². The molecule has 0 radical (unpaired) electrons. The maximum Gasteiger partial charge on any atom is 0.203 e. The number of benzene rings is 2. The molecule has 0 aliphatic carbocycles. The molecule has 0 unspecified atom stereocenters. The van der Waals surface area contributed by atoms with Gasteiger partial charge in [0, 0.05) is 17.2 Å². The molecule has 0 aromatic heterocycles. The normalized spacial score (nSPS) is 11.5. The van der Waals surface area contributed by atoms with E-state index >= 15 is 0 Å². The predicted molar refractivity (Wildman–Crippen MR) is 126 cm³/mol. The van der Waals surface area contributed by atoms with Crippen LogP contribution >= 0.6 is 0 Å². The Morgan fingerprint density at radius 3 is 1.45 bits per heavy atom.